The number of hydrogen-bond acceptors (Lipinski definition) is 6. The Morgan fingerprint density at radius 3 is 2.38 bits per heavy atom. The van der Waals surface area contributed by atoms with E-state index in [1.807, 2.05) is 24.0 Å². The molecule has 0 spiro atoms. The first-order valence-electron chi connectivity index (χ1n) is 10.6. The Kier molecular flexibility index (Phi) is 7.22. The molecule has 0 N–H and O–H groups in total. The predicted molar refractivity (Wildman–Crippen MR) is 118 cm³/mol. The first-order chi connectivity index (χ1) is 13.9. The fraction of sp³-hybridized carbons (Fsp3) is 0.591. The number of thioether (sulfide) groups is 1. The molecular formula is C22H32N4O2S. The number of likely N-dealkylation sites (tertiary alicyclic amines) is 1. The molecule has 1 aliphatic heterocycles. The van der Waals surface area contributed by atoms with E-state index in [4.69, 9.17) is 4.42 Å². The van der Waals surface area contributed by atoms with E-state index < -0.39 is 0 Å². The molecule has 3 rings (SSSR count). The Morgan fingerprint density at radius 2 is 1.79 bits per heavy atom. The molecule has 6 nitrogen and oxygen atoms in total. The van der Waals surface area contributed by atoms with Crippen molar-refractivity contribution in [2.24, 2.45) is 0 Å². The second kappa shape index (κ2) is 9.65. The number of amides is 1. The summed E-state index contributed by atoms with van der Waals surface area (Å²) in [5.74, 6) is 0.635. The predicted octanol–water partition coefficient (Wildman–Crippen LogP) is 4.85. The van der Waals surface area contributed by atoms with Crippen molar-refractivity contribution >= 4 is 23.4 Å². The number of hydrogen-bond donors (Lipinski definition) is 0. The molecule has 1 aromatic carbocycles. The van der Waals surface area contributed by atoms with Crippen molar-refractivity contribution in [3.8, 4) is 11.5 Å². The lowest BCUT2D eigenvalue weighted by Crippen LogP contribution is -2.50. The van der Waals surface area contributed by atoms with Gasteiger partial charge in [0.2, 0.25) is 11.8 Å². The number of nitrogens with zero attached hydrogens (tertiary/aromatic N) is 4. The van der Waals surface area contributed by atoms with E-state index in [0.29, 0.717) is 11.1 Å². The van der Waals surface area contributed by atoms with Gasteiger partial charge in [-0.1, -0.05) is 11.8 Å². The average Bonchev–Trinajstić information content (AvgIpc) is 3.17. The summed E-state index contributed by atoms with van der Waals surface area (Å²) in [4.78, 5) is 17.3. The van der Waals surface area contributed by atoms with E-state index in [1.54, 1.807) is 0 Å². The SMILES string of the molecule is CCN(CC)c1ccc(-c2nnc(SC(C)C(=O)N3C(C)CCCC3C)o2)cc1. The van der Waals surface area contributed by atoms with E-state index in [9.17, 15) is 4.79 Å². The molecule has 3 unspecified atom stereocenters. The molecule has 0 aliphatic carbocycles. The molecule has 29 heavy (non-hydrogen) atoms. The van der Waals surface area contributed by atoms with Crippen molar-refractivity contribution in [2.45, 2.75) is 76.4 Å². The molecule has 0 radical (unpaired) electrons. The molecule has 1 aliphatic rings. The second-order valence-electron chi connectivity index (χ2n) is 7.73. The van der Waals surface area contributed by atoms with Gasteiger partial charge in [-0.05, 0) is 78.1 Å². The molecule has 1 amide bonds. The molecule has 2 aromatic rings. The third-order valence-corrected chi connectivity index (χ3v) is 6.64. The highest BCUT2D eigenvalue weighted by molar-refractivity contribution is 8.00. The lowest BCUT2D eigenvalue weighted by Gasteiger charge is -2.40. The Labute approximate surface area is 178 Å². The van der Waals surface area contributed by atoms with Gasteiger partial charge in [0.25, 0.3) is 5.22 Å². The number of aromatic nitrogens is 2. The fourth-order valence-corrected chi connectivity index (χ4v) is 4.78. The summed E-state index contributed by atoms with van der Waals surface area (Å²) in [7, 11) is 0. The highest BCUT2D eigenvalue weighted by Gasteiger charge is 2.32. The van der Waals surface area contributed by atoms with Gasteiger partial charge >= 0.3 is 0 Å². The van der Waals surface area contributed by atoms with Crippen LogP contribution in [-0.2, 0) is 4.79 Å². The van der Waals surface area contributed by atoms with Gasteiger partial charge < -0.3 is 14.2 Å². The molecule has 7 heteroatoms. The molecule has 2 heterocycles. The zero-order valence-corrected chi connectivity index (χ0v) is 18.9. The number of carbonyl (C=O) groups excluding carboxylic acids is 1. The van der Waals surface area contributed by atoms with E-state index in [1.165, 1.54) is 23.9 Å². The Morgan fingerprint density at radius 1 is 1.17 bits per heavy atom. The summed E-state index contributed by atoms with van der Waals surface area (Å²) < 4.78 is 5.84. The van der Waals surface area contributed by atoms with Crippen LogP contribution < -0.4 is 4.90 Å². The maximum absolute atomic E-state index is 13.0. The standard InChI is InChI=1S/C22H32N4O2S/c1-6-25(7-2)19-13-11-18(12-14-19)20-23-24-22(28-20)29-17(5)21(27)26-15(3)9-8-10-16(26)4/h11-17H,6-10H2,1-5H3. The second-order valence-corrected chi connectivity index (χ2v) is 9.02. The number of piperidine rings is 1. The van der Waals surface area contributed by atoms with Crippen LogP contribution in [0.4, 0.5) is 5.69 Å². The quantitative estimate of drug-likeness (QED) is 0.601. The zero-order valence-electron chi connectivity index (χ0n) is 18.1. The fourth-order valence-electron chi connectivity index (χ4n) is 4.04. The van der Waals surface area contributed by atoms with Gasteiger partial charge in [-0.15, -0.1) is 10.2 Å². The highest BCUT2D eigenvalue weighted by atomic mass is 32.2. The van der Waals surface area contributed by atoms with E-state index in [-0.39, 0.29) is 23.2 Å². The summed E-state index contributed by atoms with van der Waals surface area (Å²) >= 11 is 1.34. The topological polar surface area (TPSA) is 62.5 Å². The minimum Gasteiger partial charge on any atom is -0.411 e. The van der Waals surface area contributed by atoms with Crippen LogP contribution in [0.15, 0.2) is 33.9 Å². The van der Waals surface area contributed by atoms with Crippen LogP contribution in [0.25, 0.3) is 11.5 Å². The number of rotatable bonds is 7. The molecule has 0 saturated carbocycles. The summed E-state index contributed by atoms with van der Waals surface area (Å²) in [6.07, 6.45) is 3.33. The molecular weight excluding hydrogens is 384 g/mol. The molecule has 0 bridgehead atoms. The minimum absolute atomic E-state index is 0.151. The number of anilines is 1. The lowest BCUT2D eigenvalue weighted by atomic mass is 9.97. The third kappa shape index (κ3) is 4.94. The smallest absolute Gasteiger partial charge is 0.277 e. The van der Waals surface area contributed by atoms with E-state index in [2.05, 4.69) is 54.9 Å². The molecule has 3 atom stereocenters. The Balaban J connectivity index is 1.66. The van der Waals surface area contributed by atoms with Crippen LogP contribution in [-0.4, -0.2) is 51.4 Å². The zero-order chi connectivity index (χ0) is 21.0. The van der Waals surface area contributed by atoms with Crippen molar-refractivity contribution in [2.75, 3.05) is 18.0 Å². The number of carbonyl (C=O) groups is 1. The average molecular weight is 417 g/mol. The van der Waals surface area contributed by atoms with Crippen LogP contribution in [0.5, 0.6) is 0 Å². The largest absolute Gasteiger partial charge is 0.411 e. The molecule has 1 fully saturated rings. The molecule has 1 aromatic heterocycles. The first-order valence-corrected chi connectivity index (χ1v) is 11.5. The van der Waals surface area contributed by atoms with Gasteiger partial charge in [0.15, 0.2) is 0 Å². The van der Waals surface area contributed by atoms with Crippen molar-refractivity contribution < 1.29 is 9.21 Å². The monoisotopic (exact) mass is 416 g/mol. The van der Waals surface area contributed by atoms with Crippen molar-refractivity contribution in [1.29, 1.82) is 0 Å². The van der Waals surface area contributed by atoms with Crippen LogP contribution in [0, 0.1) is 0 Å². The highest BCUT2D eigenvalue weighted by Crippen LogP contribution is 2.30. The summed E-state index contributed by atoms with van der Waals surface area (Å²) in [5, 5.41) is 8.52. The van der Waals surface area contributed by atoms with Gasteiger partial charge in [0.1, 0.15) is 0 Å². The summed E-state index contributed by atoms with van der Waals surface area (Å²) in [6, 6.07) is 8.73. The van der Waals surface area contributed by atoms with Crippen LogP contribution in [0.1, 0.15) is 53.9 Å². The first kappa shape index (κ1) is 21.7. The van der Waals surface area contributed by atoms with Crippen molar-refractivity contribution in [3.05, 3.63) is 24.3 Å². The van der Waals surface area contributed by atoms with Gasteiger partial charge in [0, 0.05) is 36.4 Å². The van der Waals surface area contributed by atoms with Gasteiger partial charge in [-0.2, -0.15) is 0 Å². The Bertz CT molecular complexity index is 793. The van der Waals surface area contributed by atoms with Gasteiger partial charge in [0.05, 0.1) is 5.25 Å². The van der Waals surface area contributed by atoms with Crippen LogP contribution in [0.3, 0.4) is 0 Å². The van der Waals surface area contributed by atoms with Crippen LogP contribution >= 0.6 is 11.8 Å². The normalized spacial score (nSPS) is 20.5. The maximum Gasteiger partial charge on any atom is 0.277 e. The molecule has 158 valence electrons. The third-order valence-electron chi connectivity index (χ3n) is 5.72. The Hall–Kier alpha value is -2.02. The van der Waals surface area contributed by atoms with Crippen LogP contribution in [0.2, 0.25) is 0 Å². The maximum atomic E-state index is 13.0. The van der Waals surface area contributed by atoms with Gasteiger partial charge in [-0.3, -0.25) is 4.79 Å². The lowest BCUT2D eigenvalue weighted by molar-refractivity contribution is -0.136. The van der Waals surface area contributed by atoms with E-state index >= 15 is 0 Å². The molecule has 1 saturated heterocycles. The summed E-state index contributed by atoms with van der Waals surface area (Å²) in [6.45, 7) is 12.4. The summed E-state index contributed by atoms with van der Waals surface area (Å²) in [5.41, 5.74) is 2.06. The van der Waals surface area contributed by atoms with E-state index in [0.717, 1.165) is 31.5 Å². The number of benzene rings is 1. The van der Waals surface area contributed by atoms with Gasteiger partial charge in [-0.25, -0.2) is 0 Å². The minimum atomic E-state index is -0.253. The van der Waals surface area contributed by atoms with Crippen molar-refractivity contribution in [3.63, 3.8) is 0 Å². The van der Waals surface area contributed by atoms with Crippen molar-refractivity contribution in [1.82, 2.24) is 15.1 Å².